The van der Waals surface area contributed by atoms with Gasteiger partial charge in [-0.2, -0.15) is 4.31 Å². The van der Waals surface area contributed by atoms with Gasteiger partial charge in [0.2, 0.25) is 21.8 Å². The summed E-state index contributed by atoms with van der Waals surface area (Å²) in [5, 5.41) is 6.53. The van der Waals surface area contributed by atoms with Crippen molar-refractivity contribution < 1.29 is 22.5 Å². The van der Waals surface area contributed by atoms with Crippen molar-refractivity contribution in [3.63, 3.8) is 0 Å². The third-order valence-corrected chi connectivity index (χ3v) is 7.35. The number of anilines is 1. The van der Waals surface area contributed by atoms with Gasteiger partial charge in [-0.05, 0) is 45.0 Å². The number of nitrogens with one attached hydrogen (secondary N) is 1. The third kappa shape index (κ3) is 4.37. The van der Waals surface area contributed by atoms with Gasteiger partial charge in [-0.1, -0.05) is 5.16 Å². The first-order valence-corrected chi connectivity index (χ1v) is 10.9. The van der Waals surface area contributed by atoms with Crippen LogP contribution in [0.4, 0.5) is 5.69 Å². The second-order valence-electron chi connectivity index (χ2n) is 7.20. The van der Waals surface area contributed by atoms with Gasteiger partial charge >= 0.3 is 0 Å². The Labute approximate surface area is 175 Å². The number of aryl methyl sites for hydroxylation is 2. The van der Waals surface area contributed by atoms with Crippen molar-refractivity contribution in [2.75, 3.05) is 31.5 Å². The molecule has 2 aromatic rings. The van der Waals surface area contributed by atoms with Gasteiger partial charge < -0.3 is 15.6 Å². The van der Waals surface area contributed by atoms with Crippen molar-refractivity contribution in [3.05, 3.63) is 41.3 Å². The summed E-state index contributed by atoms with van der Waals surface area (Å²) in [6, 6.07) is 5.85. The number of primary amides is 1. The lowest BCUT2D eigenvalue weighted by Crippen LogP contribution is -2.54. The molecule has 1 aliphatic rings. The molecule has 162 valence electrons. The average molecular weight is 436 g/mol. The zero-order chi connectivity index (χ0) is 22.1. The molecule has 1 atom stereocenters. The maximum absolute atomic E-state index is 12.9. The molecule has 0 unspecified atom stereocenters. The van der Waals surface area contributed by atoms with Crippen molar-refractivity contribution in [2.24, 2.45) is 5.73 Å². The maximum atomic E-state index is 12.9. The largest absolute Gasteiger partial charge is 0.366 e. The minimum Gasteiger partial charge on any atom is -0.366 e. The number of hydrogen-bond acceptors (Lipinski definition) is 7. The zero-order valence-electron chi connectivity index (χ0n) is 17.1. The smallest absolute Gasteiger partial charge is 0.248 e. The van der Waals surface area contributed by atoms with Crippen LogP contribution < -0.4 is 11.1 Å². The highest BCUT2D eigenvalue weighted by molar-refractivity contribution is 7.89. The molecule has 1 fully saturated rings. The molecular formula is C19H25N5O5S. The number of piperazine rings is 1. The number of carbonyl (C=O) groups excluding carboxylic acids is 2. The second kappa shape index (κ2) is 8.54. The second-order valence-corrected chi connectivity index (χ2v) is 9.07. The van der Waals surface area contributed by atoms with E-state index in [1.807, 2.05) is 4.90 Å². The average Bonchev–Trinajstić information content (AvgIpc) is 3.06. The summed E-state index contributed by atoms with van der Waals surface area (Å²) in [6.07, 6.45) is 0. The molecule has 11 heteroatoms. The van der Waals surface area contributed by atoms with E-state index in [0.29, 0.717) is 30.0 Å². The predicted octanol–water partition coefficient (Wildman–Crippen LogP) is 0.724. The van der Waals surface area contributed by atoms with Crippen LogP contribution in [0.25, 0.3) is 0 Å². The molecule has 3 rings (SSSR count). The molecule has 3 N–H and O–H groups in total. The van der Waals surface area contributed by atoms with Gasteiger partial charge in [0.05, 0.1) is 6.04 Å². The summed E-state index contributed by atoms with van der Waals surface area (Å²) in [5.41, 5.74) is 6.46. The van der Waals surface area contributed by atoms with E-state index in [-0.39, 0.29) is 29.7 Å². The Balaban J connectivity index is 1.60. The molecule has 1 aliphatic heterocycles. The first-order valence-electron chi connectivity index (χ1n) is 9.49. The van der Waals surface area contributed by atoms with Crippen molar-refractivity contribution in [1.29, 1.82) is 0 Å². The van der Waals surface area contributed by atoms with Crippen LogP contribution in [-0.2, 0) is 14.8 Å². The fourth-order valence-corrected chi connectivity index (χ4v) is 5.15. The summed E-state index contributed by atoms with van der Waals surface area (Å²) in [5.74, 6) is -0.487. The Bertz CT molecular complexity index is 1020. The quantitative estimate of drug-likeness (QED) is 0.682. The van der Waals surface area contributed by atoms with E-state index in [1.54, 1.807) is 45.0 Å². The molecule has 0 aliphatic carbocycles. The van der Waals surface area contributed by atoms with Gasteiger partial charge in [-0.25, -0.2) is 8.42 Å². The molecule has 0 saturated carbocycles. The molecule has 2 amide bonds. The minimum absolute atomic E-state index is 0.112. The predicted molar refractivity (Wildman–Crippen MR) is 109 cm³/mol. The van der Waals surface area contributed by atoms with Gasteiger partial charge in [0.1, 0.15) is 10.6 Å². The van der Waals surface area contributed by atoms with E-state index in [2.05, 4.69) is 10.5 Å². The van der Waals surface area contributed by atoms with Crippen LogP contribution in [0.3, 0.4) is 0 Å². The normalized spacial score (nSPS) is 16.9. The first-order chi connectivity index (χ1) is 14.1. The number of carbonyl (C=O) groups is 2. The molecule has 1 aromatic heterocycles. The molecule has 0 radical (unpaired) electrons. The van der Waals surface area contributed by atoms with Gasteiger partial charge in [0, 0.05) is 37.4 Å². The highest BCUT2D eigenvalue weighted by Crippen LogP contribution is 2.24. The van der Waals surface area contributed by atoms with Gasteiger partial charge in [0.15, 0.2) is 5.76 Å². The van der Waals surface area contributed by atoms with Crippen molar-refractivity contribution >= 4 is 27.5 Å². The number of hydrogen-bond donors (Lipinski definition) is 2. The topological polar surface area (TPSA) is 139 Å². The molecule has 0 bridgehead atoms. The van der Waals surface area contributed by atoms with Gasteiger partial charge in [-0.3, -0.25) is 14.5 Å². The standard InChI is InChI=1S/C19H25N5O5S/c1-12-17(14(3)29-22-12)30(27,28)24-10-8-23(9-11-24)13(2)19(26)21-16-6-4-15(5-7-16)18(20)25/h4-7,13H,8-11H2,1-3H3,(H2,20,25)(H,21,26)/t13-/m0/s1. The van der Waals surface area contributed by atoms with Crippen LogP contribution in [-0.4, -0.2) is 66.8 Å². The Kier molecular flexibility index (Phi) is 6.25. The molecule has 2 heterocycles. The van der Waals surface area contributed by atoms with E-state index in [4.69, 9.17) is 10.3 Å². The maximum Gasteiger partial charge on any atom is 0.248 e. The van der Waals surface area contributed by atoms with Crippen LogP contribution in [0.5, 0.6) is 0 Å². The number of amides is 2. The van der Waals surface area contributed by atoms with Gasteiger partial charge in [-0.15, -0.1) is 0 Å². The summed E-state index contributed by atoms with van der Waals surface area (Å²) in [6.45, 7) is 6.29. The third-order valence-electron chi connectivity index (χ3n) is 5.20. The van der Waals surface area contributed by atoms with Crippen molar-refractivity contribution in [1.82, 2.24) is 14.4 Å². The van der Waals surface area contributed by atoms with E-state index < -0.39 is 22.0 Å². The molecular weight excluding hydrogens is 410 g/mol. The van der Waals surface area contributed by atoms with Gasteiger partial charge in [0.25, 0.3) is 0 Å². The number of nitrogens with two attached hydrogens (primary N) is 1. The van der Waals surface area contributed by atoms with Crippen LogP contribution in [0.2, 0.25) is 0 Å². The summed E-state index contributed by atoms with van der Waals surface area (Å²) in [7, 11) is -3.70. The lowest BCUT2D eigenvalue weighted by atomic mass is 10.2. The monoisotopic (exact) mass is 435 g/mol. The van der Waals surface area contributed by atoms with Crippen molar-refractivity contribution in [2.45, 2.75) is 31.7 Å². The molecule has 1 aromatic carbocycles. The Hall–Kier alpha value is -2.76. The number of aromatic nitrogens is 1. The molecule has 30 heavy (non-hydrogen) atoms. The summed E-state index contributed by atoms with van der Waals surface area (Å²) in [4.78, 5) is 25.8. The summed E-state index contributed by atoms with van der Waals surface area (Å²) < 4.78 is 32.2. The molecule has 10 nitrogen and oxygen atoms in total. The van der Waals surface area contributed by atoms with E-state index in [1.165, 1.54) is 4.31 Å². The zero-order valence-corrected chi connectivity index (χ0v) is 17.9. The van der Waals surface area contributed by atoms with Crippen LogP contribution in [0, 0.1) is 13.8 Å². The highest BCUT2D eigenvalue weighted by atomic mass is 32.2. The first kappa shape index (κ1) is 21.9. The summed E-state index contributed by atoms with van der Waals surface area (Å²) >= 11 is 0. The van der Waals surface area contributed by atoms with Crippen LogP contribution in [0.1, 0.15) is 28.7 Å². The minimum atomic E-state index is -3.70. The SMILES string of the molecule is Cc1noc(C)c1S(=O)(=O)N1CCN([C@@H](C)C(=O)Nc2ccc(C(N)=O)cc2)CC1. The lowest BCUT2D eigenvalue weighted by Gasteiger charge is -2.36. The molecule has 1 saturated heterocycles. The number of sulfonamides is 1. The Morgan fingerprint density at radius 3 is 2.23 bits per heavy atom. The number of nitrogens with zero attached hydrogens (tertiary/aromatic N) is 3. The lowest BCUT2D eigenvalue weighted by molar-refractivity contribution is -0.121. The fourth-order valence-electron chi connectivity index (χ4n) is 3.43. The highest BCUT2D eigenvalue weighted by Gasteiger charge is 2.35. The van der Waals surface area contributed by atoms with E-state index in [0.717, 1.165) is 0 Å². The number of rotatable bonds is 6. The number of benzene rings is 1. The fraction of sp³-hybridized carbons (Fsp3) is 0.421. The van der Waals surface area contributed by atoms with E-state index >= 15 is 0 Å². The Morgan fingerprint density at radius 1 is 1.13 bits per heavy atom. The van der Waals surface area contributed by atoms with Crippen LogP contribution >= 0.6 is 0 Å². The van der Waals surface area contributed by atoms with Crippen molar-refractivity contribution in [3.8, 4) is 0 Å². The van der Waals surface area contributed by atoms with E-state index in [9.17, 15) is 18.0 Å². The van der Waals surface area contributed by atoms with Crippen LogP contribution in [0.15, 0.2) is 33.7 Å². The molecule has 0 spiro atoms. The Morgan fingerprint density at radius 2 is 1.73 bits per heavy atom.